The van der Waals surface area contributed by atoms with Crippen molar-refractivity contribution < 1.29 is 20.8 Å². The molecule has 0 spiro atoms. The van der Waals surface area contributed by atoms with Crippen molar-refractivity contribution >= 4 is 58.5 Å². The van der Waals surface area contributed by atoms with E-state index < -0.39 is 20.8 Å². The molecule has 12 aromatic rings. The molecule has 382 valence electrons. The third kappa shape index (κ3) is 12.0. The largest absolute Gasteiger partial charge is 0.184 e. The van der Waals surface area contributed by atoms with Gasteiger partial charge < -0.3 is 0 Å². The van der Waals surface area contributed by atoms with E-state index >= 15 is 0 Å². The van der Waals surface area contributed by atoms with Crippen LogP contribution in [0.25, 0.3) is 99.4 Å². The standard InChI is InChI=1S/2C31H27.C12H7Si.2ClH.Zr/c2*1-3-22(2)26-20-25-18-19-28(24-14-8-5-9-15-24)31(30(25)21-26)29-17-11-10-16-27(29)23-12-6-4-7-13-23;1-3-7-11-9(5-1)10-6-2-4-8-12(10)13-11;;;/h2*4-22H,3H2,1-2H3;1-7H;2*1H;/q3*-1;;;+2/p-2. The Morgan fingerprint density at radius 3 is 1.15 bits per heavy atom. The van der Waals surface area contributed by atoms with Crippen LogP contribution in [0.1, 0.15) is 63.5 Å². The van der Waals surface area contributed by atoms with Gasteiger partial charge in [-0.25, -0.2) is 0 Å². The summed E-state index contributed by atoms with van der Waals surface area (Å²) in [6, 6.07) is 97.6. The molecule has 13 rings (SSSR count). The van der Waals surface area contributed by atoms with Crippen molar-refractivity contribution in [3.05, 3.63) is 278 Å². The molecule has 0 bridgehead atoms. The van der Waals surface area contributed by atoms with Crippen LogP contribution in [0.5, 0.6) is 0 Å². The minimum Gasteiger partial charge on any atom is -0.184 e. The van der Waals surface area contributed by atoms with Crippen LogP contribution in [0.15, 0.2) is 261 Å². The Balaban J connectivity index is 0.000000138. The minimum absolute atomic E-state index is 0.560. The summed E-state index contributed by atoms with van der Waals surface area (Å²) < 4.78 is 0. The molecular weight excluding hydrogens is 1080 g/mol. The molecule has 1 aliphatic heterocycles. The van der Waals surface area contributed by atoms with Gasteiger partial charge in [0.25, 0.3) is 0 Å². The molecule has 0 saturated carbocycles. The third-order valence-corrected chi connectivity index (χ3v) is 16.6. The average molecular weight is 1140 g/mol. The van der Waals surface area contributed by atoms with Crippen LogP contribution in [-0.4, -0.2) is 9.52 Å². The molecule has 1 heterocycles. The Hall–Kier alpha value is -6.90. The fourth-order valence-electron chi connectivity index (χ4n) is 10.8. The van der Waals surface area contributed by atoms with Gasteiger partial charge >= 0.3 is 37.9 Å². The number of hydrogen-bond acceptors (Lipinski definition) is 0. The molecule has 0 fully saturated rings. The second-order valence-electron chi connectivity index (χ2n) is 19.9. The van der Waals surface area contributed by atoms with Gasteiger partial charge in [0.2, 0.25) is 0 Å². The molecule has 0 aromatic heterocycles. The van der Waals surface area contributed by atoms with E-state index in [1.165, 1.54) is 121 Å². The van der Waals surface area contributed by atoms with E-state index in [-0.39, 0.29) is 0 Å². The molecule has 0 aliphatic carbocycles. The summed E-state index contributed by atoms with van der Waals surface area (Å²) in [4.78, 5) is 0. The summed E-state index contributed by atoms with van der Waals surface area (Å²) in [5, 5.41) is 8.17. The number of hydrogen-bond donors (Lipinski definition) is 0. The first-order valence-corrected chi connectivity index (χ1v) is 34.4. The molecule has 4 heteroatoms. The summed E-state index contributed by atoms with van der Waals surface area (Å²) >= 11 is -0.826. The van der Waals surface area contributed by atoms with Crippen molar-refractivity contribution in [1.29, 1.82) is 0 Å². The van der Waals surface area contributed by atoms with Crippen molar-refractivity contribution in [2.24, 2.45) is 0 Å². The molecular formula is C74H61Cl2SiZr-3. The van der Waals surface area contributed by atoms with E-state index in [1.54, 1.807) is 0 Å². The molecule has 2 unspecified atom stereocenters. The van der Waals surface area contributed by atoms with Gasteiger partial charge in [0.1, 0.15) is 0 Å². The van der Waals surface area contributed by atoms with Crippen molar-refractivity contribution in [3.8, 4) is 77.9 Å². The molecule has 1 aliphatic rings. The second-order valence-corrected chi connectivity index (χ2v) is 25.0. The maximum absolute atomic E-state index is 4.93. The average Bonchev–Trinajstić information content (AvgIpc) is 4.36. The first-order chi connectivity index (χ1) is 38.4. The van der Waals surface area contributed by atoms with E-state index in [2.05, 4.69) is 289 Å². The summed E-state index contributed by atoms with van der Waals surface area (Å²) in [6.45, 7) is 9.18. The van der Waals surface area contributed by atoms with Crippen LogP contribution < -0.4 is 10.4 Å². The third-order valence-electron chi connectivity index (χ3n) is 15.3. The first-order valence-electron chi connectivity index (χ1n) is 27.1. The fourth-order valence-corrected chi connectivity index (χ4v) is 12.1. The molecule has 0 amide bonds. The van der Waals surface area contributed by atoms with Crippen LogP contribution in [0.3, 0.4) is 0 Å². The van der Waals surface area contributed by atoms with E-state index in [0.717, 1.165) is 22.4 Å². The van der Waals surface area contributed by atoms with E-state index in [1.807, 2.05) is 6.07 Å². The number of rotatable bonds is 10. The second kappa shape index (κ2) is 26.2. The van der Waals surface area contributed by atoms with Gasteiger partial charge in [-0.2, -0.15) is 41.6 Å². The van der Waals surface area contributed by atoms with Crippen molar-refractivity contribution in [1.82, 2.24) is 0 Å². The van der Waals surface area contributed by atoms with Crippen molar-refractivity contribution in [2.45, 2.75) is 52.4 Å². The van der Waals surface area contributed by atoms with Crippen LogP contribution in [0.2, 0.25) is 0 Å². The molecule has 12 aromatic carbocycles. The van der Waals surface area contributed by atoms with E-state index in [4.69, 9.17) is 17.0 Å². The van der Waals surface area contributed by atoms with Gasteiger partial charge in [0, 0.05) is 0 Å². The Kier molecular flexibility index (Phi) is 18.3. The number of benzene rings is 10. The number of fused-ring (bicyclic) bond motifs is 5. The smallest absolute Gasteiger partial charge is 0.0920 e. The van der Waals surface area contributed by atoms with E-state index in [0.29, 0.717) is 11.8 Å². The van der Waals surface area contributed by atoms with Gasteiger partial charge in [-0.05, 0) is 67.5 Å². The van der Waals surface area contributed by atoms with Gasteiger partial charge in [0.15, 0.2) is 0 Å². The normalized spacial score (nSPS) is 11.9. The molecule has 2 radical (unpaired) electrons. The van der Waals surface area contributed by atoms with Gasteiger partial charge in [-0.3, -0.25) is 0 Å². The topological polar surface area (TPSA) is 0 Å². The zero-order valence-corrected chi connectivity index (χ0v) is 49.6. The quantitative estimate of drug-likeness (QED) is 0.0946. The maximum Gasteiger partial charge on any atom is 0.0920 e. The summed E-state index contributed by atoms with van der Waals surface area (Å²) in [5.74, 6) is 1.12. The molecule has 0 N–H and O–H groups in total. The van der Waals surface area contributed by atoms with Crippen molar-refractivity contribution in [2.75, 3.05) is 0 Å². The van der Waals surface area contributed by atoms with Gasteiger partial charge in [-0.15, -0.1) is 62.5 Å². The van der Waals surface area contributed by atoms with Crippen LogP contribution in [-0.2, 0) is 20.8 Å². The zero-order chi connectivity index (χ0) is 53.8. The van der Waals surface area contributed by atoms with Gasteiger partial charge in [-0.1, -0.05) is 269 Å². The Morgan fingerprint density at radius 2 is 0.744 bits per heavy atom. The maximum atomic E-state index is 4.93. The van der Waals surface area contributed by atoms with Crippen LogP contribution >= 0.6 is 17.0 Å². The predicted molar refractivity (Wildman–Crippen MR) is 337 cm³/mol. The summed E-state index contributed by atoms with van der Waals surface area (Å²) in [7, 11) is 10.7. The van der Waals surface area contributed by atoms with Gasteiger partial charge in [0.05, 0.1) is 9.52 Å². The molecule has 2 atom stereocenters. The predicted octanol–water partition coefficient (Wildman–Crippen LogP) is 20.6. The van der Waals surface area contributed by atoms with Crippen LogP contribution in [0, 0.1) is 6.07 Å². The monoisotopic (exact) mass is 1140 g/mol. The summed E-state index contributed by atoms with van der Waals surface area (Å²) in [5.41, 5.74) is 21.0. The van der Waals surface area contributed by atoms with E-state index in [9.17, 15) is 0 Å². The Bertz CT molecular complexity index is 3620. The molecule has 0 saturated heterocycles. The van der Waals surface area contributed by atoms with Crippen molar-refractivity contribution in [3.63, 3.8) is 0 Å². The minimum atomic E-state index is -0.826. The number of halogens is 2. The Labute approximate surface area is 483 Å². The first kappa shape index (κ1) is 54.5. The molecule has 0 nitrogen and oxygen atoms in total. The Morgan fingerprint density at radius 1 is 0.397 bits per heavy atom. The van der Waals surface area contributed by atoms with Crippen LogP contribution in [0.4, 0.5) is 0 Å². The SMILES string of the molecule is CCC(C)c1cc2c(-c3ccccc3-c3ccccc3)c(-c3ccccc3)ccc2[cH-]1.CCC(C)c1cc2c(-c3ccccc3-c3ccccc3)c(-c3ccccc3)ccc2[cH-]1.[Cl][Zr][Cl].[c-]1cccc2c1[Si]c1ccccc1-2. The summed E-state index contributed by atoms with van der Waals surface area (Å²) in [6.07, 6.45) is 2.30. The fraction of sp³-hybridized carbons (Fsp3) is 0.108. The zero-order valence-electron chi connectivity index (χ0n) is 44.7. The molecule has 78 heavy (non-hydrogen) atoms.